The first-order chi connectivity index (χ1) is 8.08. The third-order valence-corrected chi connectivity index (χ3v) is 2.62. The molecule has 2 rings (SSSR count). The summed E-state index contributed by atoms with van der Waals surface area (Å²) in [6.07, 6.45) is -0.252. The number of hydrogen-bond acceptors (Lipinski definition) is 3. The number of benzene rings is 1. The molecule has 0 saturated heterocycles. The van der Waals surface area contributed by atoms with Crippen LogP contribution in [0.25, 0.3) is 5.69 Å². The zero-order valence-corrected chi connectivity index (χ0v) is 9.98. The van der Waals surface area contributed by atoms with Crippen molar-refractivity contribution >= 4 is 29.2 Å². The van der Waals surface area contributed by atoms with Gasteiger partial charge in [0.2, 0.25) is 0 Å². The summed E-state index contributed by atoms with van der Waals surface area (Å²) in [7, 11) is 0. The van der Waals surface area contributed by atoms with Gasteiger partial charge in [-0.05, 0) is 18.2 Å². The second-order valence-corrected chi connectivity index (χ2v) is 4.08. The molecule has 1 aromatic carbocycles. The maximum atomic E-state index is 10.7. The largest absolute Gasteiger partial charge is 0.481 e. The molecule has 0 unspecified atom stereocenters. The van der Waals surface area contributed by atoms with E-state index in [1.165, 1.54) is 4.68 Å². The molecule has 0 atom stereocenters. The number of carboxylic acid groups (broad SMARTS) is 1. The van der Waals surface area contributed by atoms with Gasteiger partial charge in [-0.3, -0.25) is 4.79 Å². The maximum absolute atomic E-state index is 10.7. The zero-order chi connectivity index (χ0) is 12.4. The second kappa shape index (κ2) is 4.73. The Hall–Kier alpha value is -1.59. The van der Waals surface area contributed by atoms with Crippen LogP contribution >= 0.6 is 23.2 Å². The number of rotatable bonds is 3. The summed E-state index contributed by atoms with van der Waals surface area (Å²) in [5, 5.41) is 16.8. The van der Waals surface area contributed by atoms with Crippen LogP contribution < -0.4 is 0 Å². The average Bonchev–Trinajstić information content (AvgIpc) is 2.60. The highest BCUT2D eigenvalue weighted by molar-refractivity contribution is 6.31. The standard InChI is InChI=1S/C10H7Cl2N3O2/c11-6-2-1-3-7(4-6)15-8(5-9(16)17)10(12)13-14-15/h1-4H,5H2,(H,16,17). The van der Waals surface area contributed by atoms with Crippen LogP contribution in [0.1, 0.15) is 5.69 Å². The summed E-state index contributed by atoms with van der Waals surface area (Å²) in [5.41, 5.74) is 0.939. The summed E-state index contributed by atoms with van der Waals surface area (Å²) in [5.74, 6) is -1.00. The minimum atomic E-state index is -1.00. The highest BCUT2D eigenvalue weighted by atomic mass is 35.5. The number of hydrogen-bond donors (Lipinski definition) is 1. The molecule has 0 aliphatic rings. The fourth-order valence-corrected chi connectivity index (χ4v) is 1.75. The van der Waals surface area contributed by atoms with E-state index in [0.717, 1.165) is 0 Å². The molecule has 0 radical (unpaired) electrons. The number of halogens is 2. The molecular weight excluding hydrogens is 265 g/mol. The third-order valence-electron chi connectivity index (χ3n) is 2.09. The number of nitrogens with zero attached hydrogens (tertiary/aromatic N) is 3. The summed E-state index contributed by atoms with van der Waals surface area (Å²) >= 11 is 11.6. The lowest BCUT2D eigenvalue weighted by Gasteiger charge is -2.04. The molecule has 7 heteroatoms. The van der Waals surface area contributed by atoms with Gasteiger partial charge in [-0.1, -0.05) is 34.5 Å². The van der Waals surface area contributed by atoms with Gasteiger partial charge in [0, 0.05) is 5.02 Å². The Morgan fingerprint density at radius 2 is 2.18 bits per heavy atom. The number of carbonyl (C=O) groups is 1. The summed E-state index contributed by atoms with van der Waals surface area (Å²) in [6.45, 7) is 0. The Bertz CT molecular complexity index is 568. The van der Waals surface area contributed by atoms with E-state index < -0.39 is 5.97 Å². The Kier molecular flexibility index (Phi) is 3.31. The molecule has 17 heavy (non-hydrogen) atoms. The SMILES string of the molecule is O=C(O)Cc1c(Cl)nnn1-c1cccc(Cl)c1. The highest BCUT2D eigenvalue weighted by Crippen LogP contribution is 2.20. The smallest absolute Gasteiger partial charge is 0.309 e. The predicted octanol–water partition coefficient (Wildman–Crippen LogP) is 2.20. The second-order valence-electron chi connectivity index (χ2n) is 3.29. The molecule has 0 amide bonds. The van der Waals surface area contributed by atoms with Crippen molar-refractivity contribution in [2.75, 3.05) is 0 Å². The van der Waals surface area contributed by atoms with E-state index in [1.54, 1.807) is 24.3 Å². The van der Waals surface area contributed by atoms with Gasteiger partial charge in [-0.2, -0.15) is 0 Å². The molecule has 0 aliphatic heterocycles. The first kappa shape index (κ1) is 11.9. The molecule has 5 nitrogen and oxygen atoms in total. The van der Waals surface area contributed by atoms with E-state index in [9.17, 15) is 4.79 Å². The maximum Gasteiger partial charge on any atom is 0.309 e. The zero-order valence-electron chi connectivity index (χ0n) is 8.47. The van der Waals surface area contributed by atoms with Crippen molar-refractivity contribution in [1.82, 2.24) is 15.0 Å². The van der Waals surface area contributed by atoms with E-state index in [0.29, 0.717) is 16.4 Å². The van der Waals surface area contributed by atoms with Crippen LogP contribution in [0, 0.1) is 0 Å². The summed E-state index contributed by atoms with van der Waals surface area (Å²) in [4.78, 5) is 10.7. The van der Waals surface area contributed by atoms with Crippen LogP contribution in [0.2, 0.25) is 10.2 Å². The van der Waals surface area contributed by atoms with Crippen molar-refractivity contribution in [1.29, 1.82) is 0 Å². The van der Waals surface area contributed by atoms with Gasteiger partial charge in [0.25, 0.3) is 0 Å². The van der Waals surface area contributed by atoms with Gasteiger partial charge in [0.05, 0.1) is 17.8 Å². The molecule has 1 aromatic heterocycles. The van der Waals surface area contributed by atoms with Crippen molar-refractivity contribution in [2.45, 2.75) is 6.42 Å². The molecule has 0 saturated carbocycles. The first-order valence-electron chi connectivity index (χ1n) is 4.65. The third kappa shape index (κ3) is 2.57. The van der Waals surface area contributed by atoms with Gasteiger partial charge in [0.15, 0.2) is 5.15 Å². The fraction of sp³-hybridized carbons (Fsp3) is 0.100. The first-order valence-corrected chi connectivity index (χ1v) is 5.41. The number of carboxylic acids is 1. The molecule has 0 aliphatic carbocycles. The average molecular weight is 272 g/mol. The quantitative estimate of drug-likeness (QED) is 0.930. The molecule has 0 bridgehead atoms. The van der Waals surface area contributed by atoms with Crippen LogP contribution in [-0.4, -0.2) is 26.1 Å². The summed E-state index contributed by atoms with van der Waals surface area (Å²) < 4.78 is 1.36. The molecule has 88 valence electrons. The van der Waals surface area contributed by atoms with Gasteiger partial charge < -0.3 is 5.11 Å². The van der Waals surface area contributed by atoms with Crippen LogP contribution in [0.4, 0.5) is 0 Å². The minimum absolute atomic E-state index is 0.0763. The van der Waals surface area contributed by atoms with E-state index in [4.69, 9.17) is 28.3 Å². The molecule has 0 fully saturated rings. The van der Waals surface area contributed by atoms with Crippen molar-refractivity contribution < 1.29 is 9.90 Å². The van der Waals surface area contributed by atoms with E-state index >= 15 is 0 Å². The Balaban J connectivity index is 2.48. The lowest BCUT2D eigenvalue weighted by atomic mass is 10.3. The molecule has 1 N–H and O–H groups in total. The normalized spacial score (nSPS) is 10.5. The van der Waals surface area contributed by atoms with Gasteiger partial charge in [0.1, 0.15) is 0 Å². The highest BCUT2D eigenvalue weighted by Gasteiger charge is 2.15. The molecular formula is C10H7Cl2N3O2. The number of aliphatic carboxylic acids is 1. The lowest BCUT2D eigenvalue weighted by molar-refractivity contribution is -0.136. The fourth-order valence-electron chi connectivity index (χ4n) is 1.39. The van der Waals surface area contributed by atoms with E-state index in [2.05, 4.69) is 10.3 Å². The van der Waals surface area contributed by atoms with Crippen molar-refractivity contribution in [3.8, 4) is 5.69 Å². The summed E-state index contributed by atoms with van der Waals surface area (Å²) in [6, 6.07) is 6.83. The van der Waals surface area contributed by atoms with E-state index in [1.807, 2.05) is 0 Å². The monoisotopic (exact) mass is 271 g/mol. The molecule has 1 heterocycles. The number of aromatic nitrogens is 3. The topological polar surface area (TPSA) is 68.0 Å². The van der Waals surface area contributed by atoms with Gasteiger partial charge in [-0.15, -0.1) is 5.10 Å². The lowest BCUT2D eigenvalue weighted by Crippen LogP contribution is -2.08. The van der Waals surface area contributed by atoms with Crippen LogP contribution in [0.5, 0.6) is 0 Å². The van der Waals surface area contributed by atoms with Crippen molar-refractivity contribution in [2.24, 2.45) is 0 Å². The van der Waals surface area contributed by atoms with Gasteiger partial charge >= 0.3 is 5.97 Å². The van der Waals surface area contributed by atoms with Gasteiger partial charge in [-0.25, -0.2) is 4.68 Å². The van der Waals surface area contributed by atoms with Crippen molar-refractivity contribution in [3.05, 3.63) is 40.1 Å². The molecule has 2 aromatic rings. The predicted molar refractivity (Wildman–Crippen MR) is 62.7 cm³/mol. The van der Waals surface area contributed by atoms with Crippen LogP contribution in [0.3, 0.4) is 0 Å². The Morgan fingerprint density at radius 3 is 2.82 bits per heavy atom. The van der Waals surface area contributed by atoms with E-state index in [-0.39, 0.29) is 11.6 Å². The Labute approximate surface area is 107 Å². The van der Waals surface area contributed by atoms with Crippen LogP contribution in [0.15, 0.2) is 24.3 Å². The minimum Gasteiger partial charge on any atom is -0.481 e. The Morgan fingerprint density at radius 1 is 1.41 bits per heavy atom. The van der Waals surface area contributed by atoms with Crippen molar-refractivity contribution in [3.63, 3.8) is 0 Å². The molecule has 0 spiro atoms. The van der Waals surface area contributed by atoms with Crippen LogP contribution in [-0.2, 0) is 11.2 Å².